The second-order valence-corrected chi connectivity index (χ2v) is 7.88. The van der Waals surface area contributed by atoms with Crippen LogP contribution in [0.3, 0.4) is 0 Å². The Morgan fingerprint density at radius 2 is 1.77 bits per heavy atom. The minimum Gasteiger partial charge on any atom is -0.341 e. The maximum atomic E-state index is 12.4. The van der Waals surface area contributed by atoms with Gasteiger partial charge in [0.15, 0.2) is 0 Å². The number of rotatable bonds is 4. The topological polar surface area (TPSA) is 66.5 Å². The van der Waals surface area contributed by atoms with Crippen LogP contribution in [-0.4, -0.2) is 38.4 Å². The van der Waals surface area contributed by atoms with Gasteiger partial charge in [-0.05, 0) is 44.7 Å². The van der Waals surface area contributed by atoms with E-state index in [1.54, 1.807) is 36.1 Å². The Labute approximate surface area is 132 Å². The molecule has 1 aromatic carbocycles. The van der Waals surface area contributed by atoms with Crippen molar-refractivity contribution in [3.05, 3.63) is 29.8 Å². The first-order valence-electron chi connectivity index (χ1n) is 7.67. The summed E-state index contributed by atoms with van der Waals surface area (Å²) in [4.78, 5) is 14.3. The highest BCUT2D eigenvalue weighted by Gasteiger charge is 2.27. The highest BCUT2D eigenvalue weighted by atomic mass is 32.2. The Morgan fingerprint density at radius 1 is 1.23 bits per heavy atom. The van der Waals surface area contributed by atoms with E-state index in [2.05, 4.69) is 11.6 Å². The van der Waals surface area contributed by atoms with Crippen molar-refractivity contribution in [3.8, 4) is 0 Å². The smallest absolute Gasteiger partial charge is 0.241 e. The molecular formula is C16H24N2O3S. The predicted molar refractivity (Wildman–Crippen MR) is 85.9 cm³/mol. The van der Waals surface area contributed by atoms with Crippen molar-refractivity contribution < 1.29 is 13.2 Å². The summed E-state index contributed by atoms with van der Waals surface area (Å²) in [6, 6.07) is 5.84. The van der Waals surface area contributed by atoms with Gasteiger partial charge in [-0.15, -0.1) is 0 Å². The van der Waals surface area contributed by atoms with E-state index in [0.717, 1.165) is 18.4 Å². The summed E-state index contributed by atoms with van der Waals surface area (Å²) in [7, 11) is -3.67. The van der Waals surface area contributed by atoms with Gasteiger partial charge in [-0.1, -0.05) is 24.6 Å². The number of sulfonamides is 1. The minimum atomic E-state index is -3.67. The first kappa shape index (κ1) is 17.0. The van der Waals surface area contributed by atoms with E-state index < -0.39 is 16.1 Å². The van der Waals surface area contributed by atoms with Crippen molar-refractivity contribution in [2.45, 2.75) is 44.6 Å². The molecule has 5 nitrogen and oxygen atoms in total. The van der Waals surface area contributed by atoms with E-state index >= 15 is 0 Å². The van der Waals surface area contributed by atoms with E-state index in [4.69, 9.17) is 0 Å². The fourth-order valence-electron chi connectivity index (χ4n) is 2.57. The average Bonchev–Trinajstić information content (AvgIpc) is 2.47. The number of hydrogen-bond donors (Lipinski definition) is 1. The quantitative estimate of drug-likeness (QED) is 0.920. The molecule has 0 spiro atoms. The molecule has 0 aliphatic carbocycles. The molecule has 122 valence electrons. The molecule has 1 atom stereocenters. The molecule has 1 aliphatic rings. The molecule has 1 heterocycles. The van der Waals surface area contributed by atoms with E-state index in [-0.39, 0.29) is 10.8 Å². The van der Waals surface area contributed by atoms with Gasteiger partial charge in [-0.2, -0.15) is 4.72 Å². The van der Waals surface area contributed by atoms with Gasteiger partial charge in [0.25, 0.3) is 0 Å². The molecule has 1 aliphatic heterocycles. The van der Waals surface area contributed by atoms with E-state index in [9.17, 15) is 13.2 Å². The Kier molecular flexibility index (Phi) is 5.24. The summed E-state index contributed by atoms with van der Waals surface area (Å²) in [6.45, 7) is 7.08. The van der Waals surface area contributed by atoms with Crippen LogP contribution in [0.1, 0.15) is 32.3 Å². The third-order valence-corrected chi connectivity index (χ3v) is 5.69. The number of hydrogen-bond acceptors (Lipinski definition) is 3. The van der Waals surface area contributed by atoms with Gasteiger partial charge in [-0.3, -0.25) is 4.79 Å². The third kappa shape index (κ3) is 4.08. The van der Waals surface area contributed by atoms with Crippen LogP contribution < -0.4 is 4.72 Å². The number of nitrogens with one attached hydrogen (secondary N) is 1. The molecule has 6 heteroatoms. The first-order chi connectivity index (χ1) is 10.3. The average molecular weight is 324 g/mol. The lowest BCUT2D eigenvalue weighted by atomic mass is 9.99. The number of piperidine rings is 1. The standard InChI is InChI=1S/C16H24N2O3S/c1-12-4-6-15(7-5-12)22(20,21)17-14(3)16(19)18-10-8-13(2)9-11-18/h4-7,13-14,17H,8-11H2,1-3H3/t14-/m1/s1. The summed E-state index contributed by atoms with van der Waals surface area (Å²) in [6.07, 6.45) is 1.95. The molecule has 1 aromatic rings. The van der Waals surface area contributed by atoms with Gasteiger partial charge in [-0.25, -0.2) is 8.42 Å². The molecule has 0 bridgehead atoms. The lowest BCUT2D eigenvalue weighted by Gasteiger charge is -2.32. The van der Waals surface area contributed by atoms with Crippen LogP contribution in [0.4, 0.5) is 0 Å². The highest BCUT2D eigenvalue weighted by Crippen LogP contribution is 2.17. The monoisotopic (exact) mass is 324 g/mol. The van der Waals surface area contributed by atoms with Crippen molar-refractivity contribution in [1.29, 1.82) is 0 Å². The molecule has 22 heavy (non-hydrogen) atoms. The Morgan fingerprint density at radius 3 is 2.32 bits per heavy atom. The number of nitrogens with zero attached hydrogens (tertiary/aromatic N) is 1. The van der Waals surface area contributed by atoms with Gasteiger partial charge >= 0.3 is 0 Å². The molecule has 1 saturated heterocycles. The number of amides is 1. The highest BCUT2D eigenvalue weighted by molar-refractivity contribution is 7.89. The molecular weight excluding hydrogens is 300 g/mol. The van der Waals surface area contributed by atoms with Crippen molar-refractivity contribution in [2.75, 3.05) is 13.1 Å². The van der Waals surface area contributed by atoms with Crippen LogP contribution >= 0.6 is 0 Å². The van der Waals surface area contributed by atoms with Crippen molar-refractivity contribution >= 4 is 15.9 Å². The second-order valence-electron chi connectivity index (χ2n) is 6.16. The minimum absolute atomic E-state index is 0.150. The van der Waals surface area contributed by atoms with Crippen LogP contribution in [0.2, 0.25) is 0 Å². The lowest BCUT2D eigenvalue weighted by Crippen LogP contribution is -2.49. The van der Waals surface area contributed by atoms with Crippen LogP contribution in [0.5, 0.6) is 0 Å². The van der Waals surface area contributed by atoms with E-state index in [1.165, 1.54) is 0 Å². The fraction of sp³-hybridized carbons (Fsp3) is 0.562. The van der Waals surface area contributed by atoms with Crippen molar-refractivity contribution in [2.24, 2.45) is 5.92 Å². The molecule has 1 amide bonds. The van der Waals surface area contributed by atoms with Gasteiger partial charge in [0.2, 0.25) is 15.9 Å². The van der Waals surface area contributed by atoms with Crippen molar-refractivity contribution in [3.63, 3.8) is 0 Å². The van der Waals surface area contributed by atoms with Crippen molar-refractivity contribution in [1.82, 2.24) is 9.62 Å². The second kappa shape index (κ2) is 6.79. The Hall–Kier alpha value is -1.40. The number of benzene rings is 1. The molecule has 1 N–H and O–H groups in total. The Balaban J connectivity index is 2.02. The number of carbonyl (C=O) groups is 1. The zero-order valence-electron chi connectivity index (χ0n) is 13.4. The zero-order valence-corrected chi connectivity index (χ0v) is 14.2. The van der Waals surface area contributed by atoms with Gasteiger partial charge in [0.1, 0.15) is 0 Å². The molecule has 2 rings (SSSR count). The number of carbonyl (C=O) groups excluding carboxylic acids is 1. The zero-order chi connectivity index (χ0) is 16.3. The van der Waals surface area contributed by atoms with E-state index in [1.807, 2.05) is 6.92 Å². The maximum Gasteiger partial charge on any atom is 0.241 e. The Bertz CT molecular complexity index is 617. The molecule has 0 unspecified atom stereocenters. The molecule has 0 radical (unpaired) electrons. The van der Waals surface area contributed by atoms with Gasteiger partial charge < -0.3 is 4.90 Å². The number of likely N-dealkylation sites (tertiary alicyclic amines) is 1. The summed E-state index contributed by atoms with van der Waals surface area (Å²) in [5.41, 5.74) is 0.991. The van der Waals surface area contributed by atoms with Crippen LogP contribution in [0.25, 0.3) is 0 Å². The summed E-state index contributed by atoms with van der Waals surface area (Å²) < 4.78 is 27.1. The first-order valence-corrected chi connectivity index (χ1v) is 9.15. The van der Waals surface area contributed by atoms with Crippen LogP contribution in [-0.2, 0) is 14.8 Å². The number of aryl methyl sites for hydroxylation is 1. The van der Waals surface area contributed by atoms with Gasteiger partial charge in [0.05, 0.1) is 10.9 Å². The van der Waals surface area contributed by atoms with Crippen LogP contribution in [0, 0.1) is 12.8 Å². The van der Waals surface area contributed by atoms with Crippen LogP contribution in [0.15, 0.2) is 29.2 Å². The third-order valence-electron chi connectivity index (χ3n) is 4.13. The molecule has 0 saturated carbocycles. The fourth-order valence-corrected chi connectivity index (χ4v) is 3.77. The summed E-state index contributed by atoms with van der Waals surface area (Å²) in [5, 5.41) is 0. The largest absolute Gasteiger partial charge is 0.341 e. The van der Waals surface area contributed by atoms with E-state index in [0.29, 0.717) is 19.0 Å². The van der Waals surface area contributed by atoms with Gasteiger partial charge in [0, 0.05) is 13.1 Å². The summed E-state index contributed by atoms with van der Waals surface area (Å²) >= 11 is 0. The molecule has 1 fully saturated rings. The molecule has 0 aromatic heterocycles. The maximum absolute atomic E-state index is 12.4. The normalized spacial score (nSPS) is 18.2. The SMILES string of the molecule is Cc1ccc(S(=O)(=O)N[C@H](C)C(=O)N2CCC(C)CC2)cc1. The lowest BCUT2D eigenvalue weighted by molar-refractivity contribution is -0.133. The predicted octanol–water partition coefficient (Wildman–Crippen LogP) is 1.92. The summed E-state index contributed by atoms with van der Waals surface area (Å²) in [5.74, 6) is 0.478.